The molecule has 2 aliphatic heterocycles. The lowest BCUT2D eigenvalue weighted by Gasteiger charge is -2.31. The second-order valence-electron chi connectivity index (χ2n) is 10.5. The van der Waals surface area contributed by atoms with Gasteiger partial charge in [-0.15, -0.1) is 0 Å². The summed E-state index contributed by atoms with van der Waals surface area (Å²) in [5.41, 5.74) is 11.5. The number of nitrogens with zero attached hydrogens (tertiary/aromatic N) is 2. The summed E-state index contributed by atoms with van der Waals surface area (Å²) in [5.74, 6) is 0.705. The summed E-state index contributed by atoms with van der Waals surface area (Å²) in [5, 5.41) is 6.73. The quantitative estimate of drug-likeness (QED) is 0.308. The number of anilines is 3. The minimum absolute atomic E-state index is 0.221. The van der Waals surface area contributed by atoms with Crippen molar-refractivity contribution >= 4 is 23.1 Å². The first kappa shape index (κ1) is 24.2. The Kier molecular flexibility index (Phi) is 6.56. The Balaban J connectivity index is 1.12. The summed E-state index contributed by atoms with van der Waals surface area (Å²) in [6.07, 6.45) is 5.06. The minimum atomic E-state index is -0.221. The highest BCUT2D eigenvalue weighted by Crippen LogP contribution is 2.43. The second kappa shape index (κ2) is 10.3. The van der Waals surface area contributed by atoms with Gasteiger partial charge in [-0.05, 0) is 66.8 Å². The van der Waals surface area contributed by atoms with Gasteiger partial charge in [0.05, 0.1) is 16.9 Å². The molecule has 0 radical (unpaired) electrons. The molecule has 0 bridgehead atoms. The van der Waals surface area contributed by atoms with Crippen LogP contribution in [0.25, 0.3) is 11.1 Å². The maximum atomic E-state index is 13.0. The van der Waals surface area contributed by atoms with Gasteiger partial charge in [0.25, 0.3) is 5.91 Å². The second-order valence-corrected chi connectivity index (χ2v) is 10.5. The Bertz CT molecular complexity index is 1410. The number of hydrogen-bond acceptors (Lipinski definition) is 5. The van der Waals surface area contributed by atoms with Crippen LogP contribution in [0.4, 0.5) is 17.2 Å². The molecule has 1 amide bonds. The van der Waals surface area contributed by atoms with Crippen LogP contribution in [0.5, 0.6) is 0 Å². The van der Waals surface area contributed by atoms with Crippen LogP contribution in [0.2, 0.25) is 0 Å². The van der Waals surface area contributed by atoms with Crippen molar-refractivity contribution in [2.24, 2.45) is 5.41 Å². The molecule has 3 heterocycles. The molecule has 6 heteroatoms. The van der Waals surface area contributed by atoms with Crippen LogP contribution >= 0.6 is 0 Å². The van der Waals surface area contributed by atoms with Crippen LogP contribution < -0.4 is 21.3 Å². The predicted octanol–water partition coefficient (Wildman–Crippen LogP) is 5.38. The first-order valence-electron chi connectivity index (χ1n) is 13.3. The van der Waals surface area contributed by atoms with E-state index < -0.39 is 0 Å². The van der Waals surface area contributed by atoms with Crippen molar-refractivity contribution in [1.82, 2.24) is 10.3 Å². The summed E-state index contributed by atoms with van der Waals surface area (Å²) in [4.78, 5) is 20.1. The SMILES string of the molecule is Nc1ccc(-c2ccccc2)cc1NC(=O)c1ccc(N2CCC3(CCNC3Cc3ccccc3)C2)nc1. The van der Waals surface area contributed by atoms with E-state index in [1.165, 1.54) is 12.0 Å². The highest BCUT2D eigenvalue weighted by molar-refractivity contribution is 6.06. The Hall–Kier alpha value is -4.16. The molecule has 0 saturated carbocycles. The fraction of sp³-hybridized carbons (Fsp3) is 0.250. The number of nitrogen functional groups attached to an aromatic ring is 1. The average Bonchev–Trinajstić information content (AvgIpc) is 3.57. The lowest BCUT2D eigenvalue weighted by atomic mass is 9.77. The number of amides is 1. The van der Waals surface area contributed by atoms with Crippen LogP contribution in [0.3, 0.4) is 0 Å². The number of carbonyl (C=O) groups excluding carboxylic acids is 1. The maximum Gasteiger partial charge on any atom is 0.257 e. The van der Waals surface area contributed by atoms with E-state index in [1.54, 1.807) is 6.20 Å². The van der Waals surface area contributed by atoms with Crippen molar-refractivity contribution in [1.29, 1.82) is 0 Å². The summed E-state index contributed by atoms with van der Waals surface area (Å²) in [7, 11) is 0. The Morgan fingerprint density at radius 2 is 1.76 bits per heavy atom. The number of benzene rings is 3. The third kappa shape index (κ3) is 4.87. The van der Waals surface area contributed by atoms with E-state index in [0.717, 1.165) is 49.4 Å². The molecule has 4 aromatic rings. The third-order valence-corrected chi connectivity index (χ3v) is 8.16. The highest BCUT2D eigenvalue weighted by atomic mass is 16.1. The number of nitrogens with two attached hydrogens (primary N) is 1. The van der Waals surface area contributed by atoms with Gasteiger partial charge in [0, 0.05) is 30.7 Å². The zero-order valence-electron chi connectivity index (χ0n) is 21.4. The van der Waals surface area contributed by atoms with Gasteiger partial charge >= 0.3 is 0 Å². The monoisotopic (exact) mass is 503 g/mol. The number of rotatable bonds is 6. The van der Waals surface area contributed by atoms with Crippen LogP contribution in [-0.2, 0) is 6.42 Å². The van der Waals surface area contributed by atoms with E-state index in [9.17, 15) is 4.79 Å². The van der Waals surface area contributed by atoms with Crippen molar-refractivity contribution in [3.63, 3.8) is 0 Å². The molecule has 2 unspecified atom stereocenters. The molecule has 2 saturated heterocycles. The number of aromatic nitrogens is 1. The van der Waals surface area contributed by atoms with Crippen molar-refractivity contribution in [3.8, 4) is 11.1 Å². The summed E-state index contributed by atoms with van der Waals surface area (Å²) in [6.45, 7) is 3.03. The fourth-order valence-corrected chi connectivity index (χ4v) is 5.98. The van der Waals surface area contributed by atoms with Crippen LogP contribution in [0.1, 0.15) is 28.8 Å². The maximum absolute atomic E-state index is 13.0. The molecule has 2 aliphatic rings. The Labute approximate surface area is 223 Å². The number of carbonyl (C=O) groups is 1. The zero-order valence-corrected chi connectivity index (χ0v) is 21.4. The van der Waals surface area contributed by atoms with E-state index in [4.69, 9.17) is 5.73 Å². The molecule has 6 nitrogen and oxygen atoms in total. The van der Waals surface area contributed by atoms with E-state index in [2.05, 4.69) is 50.8 Å². The van der Waals surface area contributed by atoms with Crippen molar-refractivity contribution < 1.29 is 4.79 Å². The molecular formula is C32H33N5O. The third-order valence-electron chi connectivity index (χ3n) is 8.16. The molecule has 2 fully saturated rings. The molecule has 1 spiro atoms. The highest BCUT2D eigenvalue weighted by Gasteiger charge is 2.47. The topological polar surface area (TPSA) is 83.3 Å². The van der Waals surface area contributed by atoms with E-state index >= 15 is 0 Å². The van der Waals surface area contributed by atoms with Gasteiger partial charge in [0.1, 0.15) is 5.82 Å². The summed E-state index contributed by atoms with van der Waals surface area (Å²) >= 11 is 0. The van der Waals surface area contributed by atoms with Gasteiger partial charge in [0.2, 0.25) is 0 Å². The van der Waals surface area contributed by atoms with Gasteiger partial charge < -0.3 is 21.3 Å². The van der Waals surface area contributed by atoms with Crippen LogP contribution in [0.15, 0.2) is 97.2 Å². The zero-order chi connectivity index (χ0) is 26.0. The average molecular weight is 504 g/mol. The molecule has 4 N–H and O–H groups in total. The number of nitrogens with one attached hydrogen (secondary N) is 2. The molecular weight excluding hydrogens is 470 g/mol. The van der Waals surface area contributed by atoms with Crippen LogP contribution in [-0.4, -0.2) is 36.6 Å². The molecule has 1 aromatic heterocycles. The predicted molar refractivity (Wildman–Crippen MR) is 154 cm³/mol. The molecule has 0 aliphatic carbocycles. The van der Waals surface area contributed by atoms with Crippen molar-refractivity contribution in [2.45, 2.75) is 25.3 Å². The van der Waals surface area contributed by atoms with Gasteiger partial charge in [-0.3, -0.25) is 4.79 Å². The van der Waals surface area contributed by atoms with E-state index in [-0.39, 0.29) is 11.3 Å². The standard InChI is InChI=1S/C32H33N5O/c33-27-13-11-25(24-9-5-2-6-10-24)20-28(27)36-31(38)26-12-14-30(35-21-26)37-18-16-32(22-37)15-17-34-29(32)19-23-7-3-1-4-8-23/h1-14,20-21,29,34H,15-19,22,33H2,(H,36,38). The first-order chi connectivity index (χ1) is 18.6. The van der Waals surface area contributed by atoms with E-state index in [0.29, 0.717) is 23.0 Å². The lowest BCUT2D eigenvalue weighted by molar-refractivity contribution is 0.102. The van der Waals surface area contributed by atoms with Gasteiger partial charge in [-0.25, -0.2) is 4.98 Å². The van der Waals surface area contributed by atoms with E-state index in [1.807, 2.05) is 60.7 Å². The molecule has 192 valence electrons. The largest absolute Gasteiger partial charge is 0.397 e. The lowest BCUT2D eigenvalue weighted by Crippen LogP contribution is -2.40. The van der Waals surface area contributed by atoms with Crippen molar-refractivity contribution in [3.05, 3.63) is 108 Å². The van der Waals surface area contributed by atoms with Crippen LogP contribution in [0, 0.1) is 5.41 Å². The molecule has 6 rings (SSSR count). The minimum Gasteiger partial charge on any atom is -0.397 e. The number of pyridine rings is 1. The molecule has 38 heavy (non-hydrogen) atoms. The first-order valence-corrected chi connectivity index (χ1v) is 13.3. The fourth-order valence-electron chi connectivity index (χ4n) is 5.98. The molecule has 3 aromatic carbocycles. The Morgan fingerprint density at radius 3 is 2.53 bits per heavy atom. The number of hydrogen-bond donors (Lipinski definition) is 3. The normalized spacial score (nSPS) is 20.6. The van der Waals surface area contributed by atoms with Crippen molar-refractivity contribution in [2.75, 3.05) is 35.6 Å². The Morgan fingerprint density at radius 1 is 0.974 bits per heavy atom. The van der Waals surface area contributed by atoms with Gasteiger partial charge in [-0.2, -0.15) is 0 Å². The summed E-state index contributed by atoms with van der Waals surface area (Å²) in [6, 6.07) is 30.8. The summed E-state index contributed by atoms with van der Waals surface area (Å²) < 4.78 is 0. The molecule has 2 atom stereocenters. The van der Waals surface area contributed by atoms with Gasteiger partial charge in [-0.1, -0.05) is 66.7 Å². The van der Waals surface area contributed by atoms with Gasteiger partial charge in [0.15, 0.2) is 0 Å². The smallest absolute Gasteiger partial charge is 0.257 e.